The van der Waals surface area contributed by atoms with Gasteiger partial charge in [0, 0.05) is 49.9 Å². The Balaban J connectivity index is 1.69. The lowest BCUT2D eigenvalue weighted by atomic mass is 9.83. The number of hydrogen-bond acceptors (Lipinski definition) is 4. The number of phenolic OH excluding ortho intramolecular Hbond substituents is 1. The van der Waals surface area contributed by atoms with Gasteiger partial charge in [0.05, 0.1) is 11.3 Å². The highest BCUT2D eigenvalue weighted by Crippen LogP contribution is 2.62. The number of hydrazone groups is 1. The molecule has 2 aromatic rings. The summed E-state index contributed by atoms with van der Waals surface area (Å²) in [5.74, 6) is -0.289. The fourth-order valence-electron chi connectivity index (χ4n) is 3.61. The second kappa shape index (κ2) is 5.76. The minimum absolute atomic E-state index is 0.0672. The number of rotatable bonds is 4. The number of carbonyl (C=O) groups excluding carboxylic acids is 1. The van der Waals surface area contributed by atoms with Crippen LogP contribution in [0.25, 0.3) is 0 Å². The summed E-state index contributed by atoms with van der Waals surface area (Å²) in [6.45, 7) is 3.20. The van der Waals surface area contributed by atoms with E-state index in [9.17, 15) is 14.5 Å². The summed E-state index contributed by atoms with van der Waals surface area (Å²) in [6.07, 6.45) is 0. The molecule has 2 saturated heterocycles. The molecule has 2 aliphatic heterocycles. The van der Waals surface area contributed by atoms with Crippen LogP contribution in [0.5, 0.6) is 5.75 Å². The molecule has 27 heavy (non-hydrogen) atoms. The van der Waals surface area contributed by atoms with Gasteiger partial charge in [0.2, 0.25) is 0 Å². The first kappa shape index (κ1) is 16.7. The summed E-state index contributed by atoms with van der Waals surface area (Å²) in [5, 5.41) is 15.0. The standard InChI is InChI=1S/C19H19N4O3P/c1-21(27(26,22-9-10-22)23-11-12-23)20-18-13-5-2-3-6-14(13)19(25)17-15(18)7-4-8-16(17)24/h2-8,24H,9-12H2,1H3/b20-18-. The summed E-state index contributed by atoms with van der Waals surface area (Å²) in [5.41, 5.74) is 2.55. The van der Waals surface area contributed by atoms with E-state index in [0.29, 0.717) is 22.4 Å². The maximum atomic E-state index is 13.6. The molecular formula is C19H19N4O3P. The van der Waals surface area contributed by atoms with Gasteiger partial charge in [-0.15, -0.1) is 0 Å². The molecule has 0 atom stereocenters. The highest BCUT2D eigenvalue weighted by molar-refractivity contribution is 7.57. The second-order valence-corrected chi connectivity index (χ2v) is 9.67. The molecule has 0 amide bonds. The van der Waals surface area contributed by atoms with Gasteiger partial charge in [0.1, 0.15) is 5.75 Å². The molecule has 0 aromatic heterocycles. The van der Waals surface area contributed by atoms with Gasteiger partial charge in [-0.1, -0.05) is 36.4 Å². The lowest BCUT2D eigenvalue weighted by Gasteiger charge is -2.29. The molecule has 3 aliphatic rings. The van der Waals surface area contributed by atoms with Crippen LogP contribution >= 0.6 is 7.59 Å². The van der Waals surface area contributed by atoms with Gasteiger partial charge < -0.3 is 5.11 Å². The predicted molar refractivity (Wildman–Crippen MR) is 102 cm³/mol. The minimum Gasteiger partial charge on any atom is -0.507 e. The zero-order valence-corrected chi connectivity index (χ0v) is 15.8. The summed E-state index contributed by atoms with van der Waals surface area (Å²) >= 11 is 0. The molecule has 0 spiro atoms. The summed E-state index contributed by atoms with van der Waals surface area (Å²) in [6, 6.07) is 12.2. The van der Waals surface area contributed by atoms with Crippen molar-refractivity contribution in [3.8, 4) is 5.75 Å². The highest BCUT2D eigenvalue weighted by Gasteiger charge is 2.51. The van der Waals surface area contributed by atoms with E-state index >= 15 is 0 Å². The maximum Gasteiger partial charge on any atom is 0.326 e. The molecule has 0 saturated carbocycles. The van der Waals surface area contributed by atoms with Crippen LogP contribution in [0.3, 0.4) is 0 Å². The molecule has 138 valence electrons. The largest absolute Gasteiger partial charge is 0.507 e. The lowest BCUT2D eigenvalue weighted by Crippen LogP contribution is -2.26. The number of hydrogen-bond donors (Lipinski definition) is 1. The van der Waals surface area contributed by atoms with Crippen molar-refractivity contribution >= 4 is 19.1 Å². The molecule has 5 rings (SSSR count). The fraction of sp³-hybridized carbons (Fsp3) is 0.263. The van der Waals surface area contributed by atoms with Gasteiger partial charge in [0.25, 0.3) is 0 Å². The van der Waals surface area contributed by atoms with Crippen LogP contribution in [0.1, 0.15) is 27.0 Å². The zero-order chi connectivity index (χ0) is 18.8. The topological polar surface area (TPSA) is 76.0 Å². The number of aromatic hydroxyl groups is 1. The van der Waals surface area contributed by atoms with Crippen LogP contribution in [-0.2, 0) is 4.57 Å². The van der Waals surface area contributed by atoms with Gasteiger partial charge in [-0.2, -0.15) is 5.10 Å². The summed E-state index contributed by atoms with van der Waals surface area (Å²) < 4.78 is 19.1. The average Bonchev–Trinajstić information content (AvgIpc) is 3.56. The molecule has 1 N–H and O–H groups in total. The van der Waals surface area contributed by atoms with Gasteiger partial charge in [-0.25, -0.2) is 14.1 Å². The van der Waals surface area contributed by atoms with Crippen molar-refractivity contribution in [1.29, 1.82) is 0 Å². The molecular weight excluding hydrogens is 363 g/mol. The molecule has 1 aliphatic carbocycles. The molecule has 8 heteroatoms. The number of carbonyl (C=O) groups is 1. The van der Waals surface area contributed by atoms with E-state index in [1.54, 1.807) is 36.1 Å². The monoisotopic (exact) mass is 382 g/mol. The van der Waals surface area contributed by atoms with E-state index in [0.717, 1.165) is 26.2 Å². The number of fused-ring (bicyclic) bond motifs is 2. The molecule has 0 bridgehead atoms. The summed E-state index contributed by atoms with van der Waals surface area (Å²) in [4.78, 5) is 12.9. The average molecular weight is 382 g/mol. The fourth-order valence-corrected chi connectivity index (χ4v) is 6.13. The zero-order valence-electron chi connectivity index (χ0n) is 14.9. The van der Waals surface area contributed by atoms with Crippen LogP contribution < -0.4 is 0 Å². The van der Waals surface area contributed by atoms with Crippen LogP contribution in [0.2, 0.25) is 0 Å². The van der Waals surface area contributed by atoms with E-state index in [1.165, 1.54) is 6.07 Å². The third-order valence-electron chi connectivity index (χ3n) is 5.16. The van der Waals surface area contributed by atoms with Crippen molar-refractivity contribution in [2.45, 2.75) is 0 Å². The number of benzene rings is 2. The van der Waals surface area contributed by atoms with Crippen molar-refractivity contribution in [1.82, 2.24) is 14.1 Å². The first-order chi connectivity index (χ1) is 13.0. The molecule has 2 aromatic carbocycles. The van der Waals surface area contributed by atoms with E-state index in [4.69, 9.17) is 5.10 Å². The summed E-state index contributed by atoms with van der Waals surface area (Å²) in [7, 11) is -1.16. The van der Waals surface area contributed by atoms with E-state index < -0.39 is 7.59 Å². The normalized spacial score (nSPS) is 20.3. The smallest absolute Gasteiger partial charge is 0.326 e. The number of nitrogens with zero attached hydrogens (tertiary/aromatic N) is 4. The Hall–Kier alpha value is -2.47. The second-order valence-electron chi connectivity index (χ2n) is 6.93. The van der Waals surface area contributed by atoms with Crippen LogP contribution in [0.15, 0.2) is 47.6 Å². The van der Waals surface area contributed by atoms with Gasteiger partial charge >= 0.3 is 7.59 Å². The van der Waals surface area contributed by atoms with Crippen molar-refractivity contribution in [2.75, 3.05) is 33.2 Å². The van der Waals surface area contributed by atoms with Crippen molar-refractivity contribution in [3.05, 3.63) is 64.7 Å². The Labute approximate surface area is 157 Å². The third kappa shape index (κ3) is 2.46. The van der Waals surface area contributed by atoms with Crippen LogP contribution in [0.4, 0.5) is 0 Å². The van der Waals surface area contributed by atoms with Gasteiger partial charge in [0.15, 0.2) is 5.78 Å². The molecule has 0 unspecified atom stereocenters. The minimum atomic E-state index is -2.88. The van der Waals surface area contributed by atoms with Crippen molar-refractivity contribution < 1.29 is 14.5 Å². The Bertz CT molecular complexity index is 1030. The van der Waals surface area contributed by atoms with Crippen LogP contribution in [-0.4, -0.2) is 63.9 Å². The van der Waals surface area contributed by atoms with Crippen LogP contribution in [0, 0.1) is 0 Å². The number of phenols is 1. The van der Waals surface area contributed by atoms with Gasteiger partial charge in [-0.3, -0.25) is 9.36 Å². The van der Waals surface area contributed by atoms with Crippen molar-refractivity contribution in [3.63, 3.8) is 0 Å². The molecule has 7 nitrogen and oxygen atoms in total. The SMILES string of the molecule is CN(/N=C1/c2ccccc2C(=O)c2c(O)cccc21)P(=O)(N1CC1)N1CC1. The van der Waals surface area contributed by atoms with E-state index in [1.807, 2.05) is 21.5 Å². The lowest BCUT2D eigenvalue weighted by molar-refractivity contribution is 0.103. The Morgan fingerprint density at radius 2 is 1.56 bits per heavy atom. The van der Waals surface area contributed by atoms with E-state index in [2.05, 4.69) is 0 Å². The maximum absolute atomic E-state index is 13.6. The van der Waals surface area contributed by atoms with Crippen molar-refractivity contribution in [2.24, 2.45) is 5.10 Å². The first-order valence-corrected chi connectivity index (χ1v) is 10.5. The third-order valence-corrected chi connectivity index (χ3v) is 8.27. The Morgan fingerprint density at radius 1 is 0.963 bits per heavy atom. The number of ketones is 1. The van der Waals surface area contributed by atoms with Gasteiger partial charge in [-0.05, 0) is 6.07 Å². The molecule has 2 heterocycles. The first-order valence-electron chi connectivity index (χ1n) is 8.92. The predicted octanol–water partition coefficient (Wildman–Crippen LogP) is 2.36. The quantitative estimate of drug-likeness (QED) is 0.424. The Kier molecular flexibility index (Phi) is 3.56. The molecule has 2 fully saturated rings. The molecule has 0 radical (unpaired) electrons. The van der Waals surface area contributed by atoms with E-state index in [-0.39, 0.29) is 17.1 Å². The Morgan fingerprint density at radius 3 is 2.19 bits per heavy atom. The highest BCUT2D eigenvalue weighted by atomic mass is 31.2.